The van der Waals surface area contributed by atoms with Crippen molar-refractivity contribution in [3.63, 3.8) is 0 Å². The lowest BCUT2D eigenvalue weighted by Gasteiger charge is -2.31. The molecule has 0 aromatic heterocycles. The Bertz CT molecular complexity index is 186. The molecule has 1 saturated carbocycles. The molecule has 1 amide bonds. The third-order valence-electron chi connectivity index (χ3n) is 3.17. The van der Waals surface area contributed by atoms with Gasteiger partial charge in [0.15, 0.2) is 0 Å². The van der Waals surface area contributed by atoms with Gasteiger partial charge in [0.1, 0.15) is 0 Å². The molecule has 0 aliphatic heterocycles. The molecular weight excluding hydrogens is 176 g/mol. The summed E-state index contributed by atoms with van der Waals surface area (Å²) in [6, 6.07) is 0. The van der Waals surface area contributed by atoms with E-state index in [9.17, 15) is 4.79 Å². The van der Waals surface area contributed by atoms with E-state index >= 15 is 0 Å². The minimum absolute atomic E-state index is 0.104. The molecule has 0 atom stereocenters. The Labute approximate surface area is 86.4 Å². The molecule has 0 aromatic rings. The first kappa shape index (κ1) is 11.5. The van der Waals surface area contributed by atoms with Crippen LogP contribution in [0.3, 0.4) is 0 Å². The van der Waals surface area contributed by atoms with E-state index in [0.29, 0.717) is 6.54 Å². The SMILES string of the molecule is CC1(C(=O)NCCCN)CCCCC1. The molecule has 82 valence electrons. The highest BCUT2D eigenvalue weighted by atomic mass is 16.2. The van der Waals surface area contributed by atoms with Crippen LogP contribution in [0.2, 0.25) is 0 Å². The van der Waals surface area contributed by atoms with E-state index in [0.717, 1.165) is 25.8 Å². The molecule has 3 nitrogen and oxygen atoms in total. The number of carbonyl (C=O) groups is 1. The van der Waals surface area contributed by atoms with Crippen molar-refractivity contribution in [1.82, 2.24) is 5.32 Å². The second-order valence-corrected chi connectivity index (χ2v) is 4.52. The van der Waals surface area contributed by atoms with Crippen LogP contribution < -0.4 is 11.1 Å². The Morgan fingerprint density at radius 3 is 2.57 bits per heavy atom. The number of hydrogen-bond acceptors (Lipinski definition) is 2. The Kier molecular flexibility index (Phi) is 4.39. The maximum Gasteiger partial charge on any atom is 0.225 e. The lowest BCUT2D eigenvalue weighted by molar-refractivity contribution is -0.131. The minimum atomic E-state index is -0.104. The van der Waals surface area contributed by atoms with Gasteiger partial charge in [-0.25, -0.2) is 0 Å². The van der Waals surface area contributed by atoms with E-state index in [4.69, 9.17) is 5.73 Å². The number of hydrogen-bond donors (Lipinski definition) is 2. The third-order valence-corrected chi connectivity index (χ3v) is 3.17. The predicted molar refractivity (Wildman–Crippen MR) is 57.9 cm³/mol. The first-order valence-electron chi connectivity index (χ1n) is 5.67. The molecule has 0 saturated heterocycles. The summed E-state index contributed by atoms with van der Waals surface area (Å²) in [7, 11) is 0. The molecule has 3 N–H and O–H groups in total. The van der Waals surface area contributed by atoms with Gasteiger partial charge in [-0.2, -0.15) is 0 Å². The van der Waals surface area contributed by atoms with Gasteiger partial charge in [0.05, 0.1) is 0 Å². The number of rotatable bonds is 4. The second-order valence-electron chi connectivity index (χ2n) is 4.52. The molecule has 3 heteroatoms. The van der Waals surface area contributed by atoms with E-state index in [1.54, 1.807) is 0 Å². The molecule has 0 unspecified atom stereocenters. The van der Waals surface area contributed by atoms with Crippen LogP contribution in [0, 0.1) is 5.41 Å². The number of nitrogens with one attached hydrogen (secondary N) is 1. The van der Waals surface area contributed by atoms with Crippen molar-refractivity contribution in [2.45, 2.75) is 45.4 Å². The summed E-state index contributed by atoms with van der Waals surface area (Å²) < 4.78 is 0. The Morgan fingerprint density at radius 1 is 1.36 bits per heavy atom. The molecular formula is C11H22N2O. The monoisotopic (exact) mass is 198 g/mol. The normalized spacial score (nSPS) is 20.4. The lowest BCUT2D eigenvalue weighted by Crippen LogP contribution is -2.40. The molecule has 1 aliphatic rings. The fraction of sp³-hybridized carbons (Fsp3) is 0.909. The molecule has 1 rings (SSSR count). The summed E-state index contributed by atoms with van der Waals surface area (Å²) in [5.41, 5.74) is 5.27. The van der Waals surface area contributed by atoms with E-state index < -0.39 is 0 Å². The van der Waals surface area contributed by atoms with Crippen LogP contribution in [0.5, 0.6) is 0 Å². The summed E-state index contributed by atoms with van der Waals surface area (Å²) in [5.74, 6) is 0.227. The molecule has 0 aromatic carbocycles. The topological polar surface area (TPSA) is 55.1 Å². The second kappa shape index (κ2) is 5.35. The molecule has 1 fully saturated rings. The van der Waals surface area contributed by atoms with Gasteiger partial charge in [-0.05, 0) is 25.8 Å². The number of amides is 1. The van der Waals surface area contributed by atoms with Crippen molar-refractivity contribution >= 4 is 5.91 Å². The van der Waals surface area contributed by atoms with Crippen molar-refractivity contribution in [3.8, 4) is 0 Å². The maximum absolute atomic E-state index is 11.8. The highest BCUT2D eigenvalue weighted by Crippen LogP contribution is 2.35. The highest BCUT2D eigenvalue weighted by molar-refractivity contribution is 5.82. The summed E-state index contributed by atoms with van der Waals surface area (Å²) >= 11 is 0. The quantitative estimate of drug-likeness (QED) is 0.671. The molecule has 0 bridgehead atoms. The maximum atomic E-state index is 11.8. The highest BCUT2D eigenvalue weighted by Gasteiger charge is 2.33. The van der Waals surface area contributed by atoms with Crippen molar-refractivity contribution in [1.29, 1.82) is 0 Å². The summed E-state index contributed by atoms with van der Waals surface area (Å²) in [5, 5.41) is 2.97. The van der Waals surface area contributed by atoms with Crippen LogP contribution in [-0.2, 0) is 4.79 Å². The average Bonchev–Trinajstić information content (AvgIpc) is 2.19. The van der Waals surface area contributed by atoms with E-state index in [1.807, 2.05) is 0 Å². The number of carbonyl (C=O) groups excluding carboxylic acids is 1. The third kappa shape index (κ3) is 2.98. The first-order chi connectivity index (χ1) is 6.69. The van der Waals surface area contributed by atoms with Gasteiger partial charge < -0.3 is 11.1 Å². The minimum Gasteiger partial charge on any atom is -0.356 e. The zero-order valence-electron chi connectivity index (χ0n) is 9.14. The van der Waals surface area contributed by atoms with Crippen molar-refractivity contribution < 1.29 is 4.79 Å². The predicted octanol–water partition coefficient (Wildman–Crippen LogP) is 1.42. The lowest BCUT2D eigenvalue weighted by atomic mass is 9.75. The zero-order valence-corrected chi connectivity index (χ0v) is 9.14. The van der Waals surface area contributed by atoms with E-state index in [2.05, 4.69) is 12.2 Å². The number of nitrogens with two attached hydrogens (primary N) is 1. The van der Waals surface area contributed by atoms with Crippen molar-refractivity contribution in [2.24, 2.45) is 11.1 Å². The Morgan fingerprint density at radius 2 is 2.00 bits per heavy atom. The van der Waals surface area contributed by atoms with Gasteiger partial charge in [0, 0.05) is 12.0 Å². The van der Waals surface area contributed by atoms with Crippen molar-refractivity contribution in [2.75, 3.05) is 13.1 Å². The van der Waals surface area contributed by atoms with Crippen LogP contribution in [0.1, 0.15) is 45.4 Å². The van der Waals surface area contributed by atoms with Gasteiger partial charge in [-0.15, -0.1) is 0 Å². The zero-order chi connectivity index (χ0) is 10.4. The van der Waals surface area contributed by atoms with Crippen LogP contribution >= 0.6 is 0 Å². The van der Waals surface area contributed by atoms with Crippen LogP contribution in [0.4, 0.5) is 0 Å². The standard InChI is InChI=1S/C11H22N2O/c1-11(6-3-2-4-7-11)10(14)13-9-5-8-12/h2-9,12H2,1H3,(H,13,14). The summed E-state index contributed by atoms with van der Waals surface area (Å²) in [4.78, 5) is 11.8. The van der Waals surface area contributed by atoms with Gasteiger partial charge in [0.2, 0.25) is 5.91 Å². The van der Waals surface area contributed by atoms with Gasteiger partial charge in [-0.1, -0.05) is 26.2 Å². The van der Waals surface area contributed by atoms with E-state index in [1.165, 1.54) is 19.3 Å². The van der Waals surface area contributed by atoms with Crippen LogP contribution in [0.15, 0.2) is 0 Å². The Hall–Kier alpha value is -0.570. The largest absolute Gasteiger partial charge is 0.356 e. The molecule has 0 radical (unpaired) electrons. The van der Waals surface area contributed by atoms with Gasteiger partial charge in [-0.3, -0.25) is 4.79 Å². The molecule has 1 aliphatic carbocycles. The van der Waals surface area contributed by atoms with Crippen molar-refractivity contribution in [3.05, 3.63) is 0 Å². The van der Waals surface area contributed by atoms with Gasteiger partial charge >= 0.3 is 0 Å². The Balaban J connectivity index is 2.33. The summed E-state index contributed by atoms with van der Waals surface area (Å²) in [6.45, 7) is 3.46. The molecule has 0 heterocycles. The van der Waals surface area contributed by atoms with E-state index in [-0.39, 0.29) is 11.3 Å². The molecule has 0 spiro atoms. The van der Waals surface area contributed by atoms with Gasteiger partial charge in [0.25, 0.3) is 0 Å². The smallest absolute Gasteiger partial charge is 0.225 e. The molecule has 14 heavy (non-hydrogen) atoms. The van der Waals surface area contributed by atoms with Crippen LogP contribution in [0.25, 0.3) is 0 Å². The fourth-order valence-electron chi connectivity index (χ4n) is 2.08. The average molecular weight is 198 g/mol. The fourth-order valence-corrected chi connectivity index (χ4v) is 2.08. The first-order valence-corrected chi connectivity index (χ1v) is 5.67. The summed E-state index contributed by atoms with van der Waals surface area (Å²) in [6.07, 6.45) is 6.64. The van der Waals surface area contributed by atoms with Crippen LogP contribution in [-0.4, -0.2) is 19.0 Å².